The number of hydrazone groups is 1. The van der Waals surface area contributed by atoms with Crippen molar-refractivity contribution in [2.75, 3.05) is 5.73 Å². The van der Waals surface area contributed by atoms with Crippen molar-refractivity contribution >= 4 is 33.9 Å². The van der Waals surface area contributed by atoms with Gasteiger partial charge in [-0.25, -0.2) is 14.4 Å². The number of rotatable bonds is 5. The highest BCUT2D eigenvalue weighted by Gasteiger charge is 2.24. The van der Waals surface area contributed by atoms with Gasteiger partial charge in [0, 0.05) is 15.6 Å². The Morgan fingerprint density at radius 3 is 2.77 bits per heavy atom. The van der Waals surface area contributed by atoms with Gasteiger partial charge in [0.05, 0.1) is 6.21 Å². The third-order valence-electron chi connectivity index (χ3n) is 3.96. The Hall–Kier alpha value is -3.93. The van der Waals surface area contributed by atoms with Gasteiger partial charge >= 0.3 is 0 Å². The van der Waals surface area contributed by atoms with Crippen LogP contribution in [-0.2, 0) is 0 Å². The number of anilines is 1. The van der Waals surface area contributed by atoms with E-state index >= 15 is 0 Å². The average molecular weight is 471 g/mol. The second-order valence-corrected chi connectivity index (χ2v) is 6.82. The highest BCUT2D eigenvalue weighted by Crippen LogP contribution is 2.26. The standard InChI is InChI=1S/C18H12BrFN8O2/c19-12-6-7-13(20)11(8-12)9-22-24-18(29)14-15(10-4-2-1-3-5-10)28(27-23-14)17-16(21)25-30-26-17/h1-9H,(H2,21,25)(H,24,29)/b22-9+. The van der Waals surface area contributed by atoms with Crippen molar-refractivity contribution in [3.8, 4) is 17.1 Å². The van der Waals surface area contributed by atoms with Gasteiger partial charge in [0.15, 0.2) is 5.69 Å². The smallest absolute Gasteiger partial charge is 0.294 e. The Bertz CT molecular complexity index is 1240. The molecular weight excluding hydrogens is 459 g/mol. The number of amides is 1. The van der Waals surface area contributed by atoms with Crippen LogP contribution in [0.25, 0.3) is 17.1 Å². The van der Waals surface area contributed by atoms with Crippen molar-refractivity contribution in [1.82, 2.24) is 30.7 Å². The van der Waals surface area contributed by atoms with E-state index in [9.17, 15) is 9.18 Å². The number of aromatic nitrogens is 5. The lowest BCUT2D eigenvalue weighted by atomic mass is 10.1. The second kappa shape index (κ2) is 8.21. The SMILES string of the molecule is Nc1nonc1-n1nnc(C(=O)N/N=C/c2cc(Br)ccc2F)c1-c1ccccc1. The van der Waals surface area contributed by atoms with Crippen LogP contribution < -0.4 is 11.2 Å². The fraction of sp³-hybridized carbons (Fsp3) is 0. The molecule has 4 aromatic rings. The Kier molecular flexibility index (Phi) is 5.30. The summed E-state index contributed by atoms with van der Waals surface area (Å²) in [4.78, 5) is 12.7. The quantitative estimate of drug-likeness (QED) is 0.337. The summed E-state index contributed by atoms with van der Waals surface area (Å²) in [5.74, 6) is -1.09. The Morgan fingerprint density at radius 2 is 2.03 bits per heavy atom. The van der Waals surface area contributed by atoms with Gasteiger partial charge in [-0.1, -0.05) is 51.5 Å². The van der Waals surface area contributed by atoms with Crippen LogP contribution in [0, 0.1) is 5.82 Å². The molecule has 30 heavy (non-hydrogen) atoms. The molecule has 0 bridgehead atoms. The summed E-state index contributed by atoms with van der Waals surface area (Å²) in [5, 5.41) is 18.9. The predicted octanol–water partition coefficient (Wildman–Crippen LogP) is 2.57. The molecular formula is C18H12BrFN8O2. The monoisotopic (exact) mass is 470 g/mol. The summed E-state index contributed by atoms with van der Waals surface area (Å²) >= 11 is 3.25. The summed E-state index contributed by atoms with van der Waals surface area (Å²) in [6, 6.07) is 13.3. The lowest BCUT2D eigenvalue weighted by Gasteiger charge is -2.05. The molecule has 0 spiro atoms. The first-order valence-corrected chi connectivity index (χ1v) is 9.22. The minimum Gasteiger partial charge on any atom is -0.378 e. The fourth-order valence-corrected chi connectivity index (χ4v) is 2.98. The Morgan fingerprint density at radius 1 is 1.23 bits per heavy atom. The lowest BCUT2D eigenvalue weighted by molar-refractivity contribution is 0.0950. The van der Waals surface area contributed by atoms with Gasteiger partial charge in [0.1, 0.15) is 11.5 Å². The highest BCUT2D eigenvalue weighted by molar-refractivity contribution is 9.10. The van der Waals surface area contributed by atoms with E-state index in [4.69, 9.17) is 5.73 Å². The minimum atomic E-state index is -0.665. The maximum absolute atomic E-state index is 13.8. The fourth-order valence-electron chi connectivity index (χ4n) is 2.60. The summed E-state index contributed by atoms with van der Waals surface area (Å²) in [5.41, 5.74) is 9.15. The zero-order valence-corrected chi connectivity index (χ0v) is 16.6. The zero-order valence-electron chi connectivity index (χ0n) is 15.0. The largest absolute Gasteiger partial charge is 0.378 e. The van der Waals surface area contributed by atoms with E-state index in [1.165, 1.54) is 23.0 Å². The molecule has 0 aliphatic carbocycles. The first-order valence-electron chi connectivity index (χ1n) is 8.42. The highest BCUT2D eigenvalue weighted by atomic mass is 79.9. The van der Waals surface area contributed by atoms with E-state index < -0.39 is 11.7 Å². The first-order chi connectivity index (χ1) is 14.5. The van der Waals surface area contributed by atoms with Gasteiger partial charge in [-0.05, 0) is 28.5 Å². The van der Waals surface area contributed by atoms with Crippen LogP contribution in [0.4, 0.5) is 10.2 Å². The number of carbonyl (C=O) groups excluding carboxylic acids is 1. The number of benzene rings is 2. The summed E-state index contributed by atoms with van der Waals surface area (Å²) in [6.45, 7) is 0. The zero-order chi connectivity index (χ0) is 21.1. The van der Waals surface area contributed by atoms with E-state index in [0.29, 0.717) is 15.7 Å². The molecule has 0 aliphatic rings. The van der Waals surface area contributed by atoms with Crippen molar-refractivity contribution in [2.24, 2.45) is 5.10 Å². The lowest BCUT2D eigenvalue weighted by Crippen LogP contribution is -2.19. The number of hydrogen-bond acceptors (Lipinski definition) is 8. The molecule has 2 heterocycles. The van der Waals surface area contributed by atoms with Crippen LogP contribution in [0.3, 0.4) is 0 Å². The molecule has 0 saturated heterocycles. The molecule has 0 atom stereocenters. The maximum atomic E-state index is 13.8. The van der Waals surface area contributed by atoms with E-state index in [1.807, 2.05) is 6.07 Å². The summed E-state index contributed by atoms with van der Waals surface area (Å²) in [7, 11) is 0. The molecule has 1 amide bonds. The van der Waals surface area contributed by atoms with Crippen LogP contribution in [0.15, 0.2) is 62.7 Å². The number of nitrogen functional groups attached to an aromatic ring is 1. The molecule has 3 N–H and O–H groups in total. The molecule has 0 saturated carbocycles. The molecule has 150 valence electrons. The van der Waals surface area contributed by atoms with Crippen LogP contribution in [0.5, 0.6) is 0 Å². The minimum absolute atomic E-state index is 0.0211. The van der Waals surface area contributed by atoms with Crippen molar-refractivity contribution in [3.63, 3.8) is 0 Å². The molecule has 0 radical (unpaired) electrons. The molecule has 10 nitrogen and oxygen atoms in total. The van der Waals surface area contributed by atoms with Crippen LogP contribution in [-0.4, -0.2) is 37.4 Å². The van der Waals surface area contributed by atoms with E-state index in [0.717, 1.165) is 0 Å². The predicted molar refractivity (Wildman–Crippen MR) is 108 cm³/mol. The topological polar surface area (TPSA) is 137 Å². The summed E-state index contributed by atoms with van der Waals surface area (Å²) in [6.07, 6.45) is 1.18. The molecule has 0 aliphatic heterocycles. The Balaban J connectivity index is 1.68. The van der Waals surface area contributed by atoms with Gasteiger partial charge in [0.2, 0.25) is 11.6 Å². The molecule has 12 heteroatoms. The van der Waals surface area contributed by atoms with Gasteiger partial charge < -0.3 is 5.73 Å². The molecule has 2 aromatic carbocycles. The maximum Gasteiger partial charge on any atom is 0.294 e. The van der Waals surface area contributed by atoms with Crippen LogP contribution in [0.1, 0.15) is 16.1 Å². The van der Waals surface area contributed by atoms with Crippen molar-refractivity contribution < 1.29 is 13.8 Å². The van der Waals surface area contributed by atoms with Crippen LogP contribution in [0.2, 0.25) is 0 Å². The van der Waals surface area contributed by atoms with Crippen molar-refractivity contribution in [2.45, 2.75) is 0 Å². The number of nitrogens with two attached hydrogens (primary N) is 1. The third kappa shape index (κ3) is 3.80. The van der Waals surface area contributed by atoms with Crippen molar-refractivity contribution in [3.05, 3.63) is 70.1 Å². The molecule has 4 rings (SSSR count). The molecule has 0 unspecified atom stereocenters. The average Bonchev–Trinajstić information content (AvgIpc) is 3.37. The number of halogens is 2. The number of nitrogens with one attached hydrogen (secondary N) is 1. The van der Waals surface area contributed by atoms with Crippen molar-refractivity contribution in [1.29, 1.82) is 0 Å². The molecule has 0 fully saturated rings. The number of hydrogen-bond donors (Lipinski definition) is 2. The molecule has 2 aromatic heterocycles. The first kappa shape index (κ1) is 19.4. The number of carbonyl (C=O) groups is 1. The Labute approximate surface area is 176 Å². The number of nitrogens with zero attached hydrogens (tertiary/aromatic N) is 6. The van der Waals surface area contributed by atoms with Crippen LogP contribution >= 0.6 is 15.9 Å². The third-order valence-corrected chi connectivity index (χ3v) is 4.45. The van der Waals surface area contributed by atoms with Gasteiger partial charge in [-0.3, -0.25) is 4.79 Å². The van der Waals surface area contributed by atoms with Gasteiger partial charge in [0.25, 0.3) is 5.91 Å². The van der Waals surface area contributed by atoms with E-state index in [-0.39, 0.29) is 22.9 Å². The van der Waals surface area contributed by atoms with Gasteiger partial charge in [-0.2, -0.15) is 9.78 Å². The van der Waals surface area contributed by atoms with Gasteiger partial charge in [-0.15, -0.1) is 5.10 Å². The van der Waals surface area contributed by atoms with E-state index in [1.54, 1.807) is 30.3 Å². The normalized spacial score (nSPS) is 11.1. The summed E-state index contributed by atoms with van der Waals surface area (Å²) < 4.78 is 20.3. The van der Waals surface area contributed by atoms with E-state index in [2.05, 4.69) is 51.7 Å². The second-order valence-electron chi connectivity index (χ2n) is 5.90.